The molecule has 0 radical (unpaired) electrons. The molecule has 24 heavy (non-hydrogen) atoms. The summed E-state index contributed by atoms with van der Waals surface area (Å²) in [5.41, 5.74) is 9.11. The fraction of sp³-hybridized carbons (Fsp3) is 0.450. The van der Waals surface area contributed by atoms with Crippen molar-refractivity contribution < 1.29 is 4.39 Å². The van der Waals surface area contributed by atoms with Crippen LogP contribution >= 0.6 is 0 Å². The highest BCUT2D eigenvalue weighted by atomic mass is 19.1. The molecular weight excluding hydrogens is 301 g/mol. The second kappa shape index (κ2) is 9.38. The van der Waals surface area contributed by atoms with Crippen molar-refractivity contribution in [1.82, 2.24) is 10.9 Å². The molecule has 1 aliphatic rings. The molecule has 3 nitrogen and oxygen atoms in total. The predicted molar refractivity (Wildman–Crippen MR) is 100 cm³/mol. The number of allylic oxidation sites excluding steroid dienone is 3. The van der Waals surface area contributed by atoms with Gasteiger partial charge in [0.05, 0.1) is 0 Å². The molecule has 1 aromatic rings. The van der Waals surface area contributed by atoms with Gasteiger partial charge in [0, 0.05) is 13.3 Å². The number of rotatable bonds is 6. The molecule has 1 aliphatic carbocycles. The smallest absolute Gasteiger partial charge is 0.138 e. The molecule has 1 aromatic carbocycles. The summed E-state index contributed by atoms with van der Waals surface area (Å²) in [5, 5.41) is 0. The Morgan fingerprint density at radius 2 is 1.79 bits per heavy atom. The summed E-state index contributed by atoms with van der Waals surface area (Å²) in [5.74, 6) is 1.17. The molecule has 130 valence electrons. The highest BCUT2D eigenvalue weighted by Gasteiger charge is 2.12. The van der Waals surface area contributed by atoms with Crippen LogP contribution in [0, 0.1) is 11.7 Å². The molecule has 0 heterocycles. The summed E-state index contributed by atoms with van der Waals surface area (Å²) in [6.07, 6.45) is 10.5. The minimum absolute atomic E-state index is 0.213. The first-order valence-corrected chi connectivity index (χ1v) is 8.72. The lowest BCUT2D eigenvalue weighted by Gasteiger charge is -2.19. The van der Waals surface area contributed by atoms with Gasteiger partial charge in [-0.05, 0) is 61.4 Å². The molecular formula is C20H28FN3. The number of hydrogen-bond donors (Lipinski definition) is 2. The fourth-order valence-electron chi connectivity index (χ4n) is 2.95. The third-order valence-electron chi connectivity index (χ3n) is 4.29. The second-order valence-electron chi connectivity index (χ2n) is 6.51. The lowest BCUT2D eigenvalue weighted by molar-refractivity contribution is 0.420. The Hall–Kier alpha value is -1.94. The minimum Gasteiger partial charge on any atom is -0.306 e. The van der Waals surface area contributed by atoms with Gasteiger partial charge in [-0.2, -0.15) is 0 Å². The van der Waals surface area contributed by atoms with Crippen LogP contribution in [0.3, 0.4) is 0 Å². The zero-order chi connectivity index (χ0) is 17.4. The van der Waals surface area contributed by atoms with Crippen LogP contribution in [0.25, 0.3) is 5.57 Å². The number of aliphatic imine (C=N–C) groups is 1. The largest absolute Gasteiger partial charge is 0.306 e. The molecule has 1 fully saturated rings. The Balaban J connectivity index is 2.29. The van der Waals surface area contributed by atoms with Gasteiger partial charge in [0.25, 0.3) is 0 Å². The summed E-state index contributed by atoms with van der Waals surface area (Å²) in [6.45, 7) is 4.03. The number of halogens is 1. The zero-order valence-corrected chi connectivity index (χ0v) is 14.9. The highest BCUT2D eigenvalue weighted by Crippen LogP contribution is 2.27. The maximum absolute atomic E-state index is 13.3. The number of nitrogens with one attached hydrogen (secondary N) is 2. The first-order chi connectivity index (χ1) is 11.6. The van der Waals surface area contributed by atoms with Crippen LogP contribution in [0.5, 0.6) is 0 Å². The summed E-state index contributed by atoms with van der Waals surface area (Å²) >= 11 is 0. The third kappa shape index (κ3) is 5.60. The quantitative estimate of drug-likeness (QED) is 0.579. The average molecular weight is 329 g/mol. The molecule has 0 aromatic heterocycles. The van der Waals surface area contributed by atoms with Crippen LogP contribution < -0.4 is 10.9 Å². The van der Waals surface area contributed by atoms with E-state index >= 15 is 0 Å². The van der Waals surface area contributed by atoms with E-state index in [1.54, 1.807) is 0 Å². The number of hydrogen-bond acceptors (Lipinski definition) is 3. The van der Waals surface area contributed by atoms with Crippen molar-refractivity contribution in [2.45, 2.75) is 46.0 Å². The third-order valence-corrected chi connectivity index (χ3v) is 4.29. The maximum atomic E-state index is 13.3. The predicted octanol–water partition coefficient (Wildman–Crippen LogP) is 4.84. The molecule has 4 heteroatoms. The van der Waals surface area contributed by atoms with Gasteiger partial charge in [-0.3, -0.25) is 0 Å². The van der Waals surface area contributed by atoms with Crippen molar-refractivity contribution in [3.8, 4) is 0 Å². The van der Waals surface area contributed by atoms with Crippen molar-refractivity contribution in [1.29, 1.82) is 0 Å². The van der Waals surface area contributed by atoms with E-state index in [9.17, 15) is 4.39 Å². The van der Waals surface area contributed by atoms with E-state index in [1.807, 2.05) is 39.2 Å². The van der Waals surface area contributed by atoms with Gasteiger partial charge < -0.3 is 5.43 Å². The Morgan fingerprint density at radius 1 is 1.12 bits per heavy atom. The molecule has 0 aliphatic heterocycles. The van der Waals surface area contributed by atoms with Gasteiger partial charge in [0.15, 0.2) is 0 Å². The lowest BCUT2D eigenvalue weighted by atomic mass is 9.87. The van der Waals surface area contributed by atoms with Crippen LogP contribution in [0.1, 0.15) is 51.5 Å². The van der Waals surface area contributed by atoms with Gasteiger partial charge in [0.2, 0.25) is 0 Å². The standard InChI is InChI=1S/C20H28FN3/c1-15(2)20(24-22-3)23-14-18(13-16-7-5-4-6-8-16)17-9-11-19(21)12-10-17/h9-14,16,22,24H,4-8H2,1-3H3/b18-13-,23-14?. The minimum atomic E-state index is -0.213. The van der Waals surface area contributed by atoms with Crippen LogP contribution in [0.15, 0.2) is 46.7 Å². The molecule has 2 N–H and O–H groups in total. The monoisotopic (exact) mass is 329 g/mol. The van der Waals surface area contributed by atoms with Crippen molar-refractivity contribution in [2.24, 2.45) is 10.9 Å². The van der Waals surface area contributed by atoms with Crippen molar-refractivity contribution in [2.75, 3.05) is 7.05 Å². The van der Waals surface area contributed by atoms with Gasteiger partial charge in [-0.25, -0.2) is 14.8 Å². The van der Waals surface area contributed by atoms with E-state index in [2.05, 4.69) is 21.9 Å². The zero-order valence-electron chi connectivity index (χ0n) is 14.9. The van der Waals surface area contributed by atoms with E-state index < -0.39 is 0 Å². The van der Waals surface area contributed by atoms with Crippen molar-refractivity contribution in [3.63, 3.8) is 0 Å². The van der Waals surface area contributed by atoms with E-state index in [-0.39, 0.29) is 5.82 Å². The molecule has 0 spiro atoms. The Morgan fingerprint density at radius 3 is 2.38 bits per heavy atom. The normalized spacial score (nSPS) is 16.4. The van der Waals surface area contributed by atoms with Gasteiger partial charge in [0.1, 0.15) is 11.6 Å². The molecule has 0 atom stereocenters. The number of nitrogens with zero attached hydrogens (tertiary/aromatic N) is 1. The first kappa shape index (κ1) is 18.4. The van der Waals surface area contributed by atoms with E-state index in [0.717, 1.165) is 22.5 Å². The summed E-state index contributed by atoms with van der Waals surface area (Å²) in [6, 6.07) is 6.66. The van der Waals surface area contributed by atoms with Gasteiger partial charge in [-0.15, -0.1) is 0 Å². The first-order valence-electron chi connectivity index (χ1n) is 8.72. The van der Waals surface area contributed by atoms with E-state index in [1.165, 1.54) is 44.2 Å². The fourth-order valence-corrected chi connectivity index (χ4v) is 2.95. The molecule has 0 unspecified atom stereocenters. The lowest BCUT2D eigenvalue weighted by Crippen LogP contribution is -2.26. The van der Waals surface area contributed by atoms with Crippen LogP contribution in [0.4, 0.5) is 4.39 Å². The summed E-state index contributed by atoms with van der Waals surface area (Å²) < 4.78 is 13.3. The van der Waals surface area contributed by atoms with E-state index in [0.29, 0.717) is 5.92 Å². The van der Waals surface area contributed by atoms with Crippen LogP contribution in [-0.2, 0) is 0 Å². The molecule has 0 bridgehead atoms. The van der Waals surface area contributed by atoms with Gasteiger partial charge in [-0.1, -0.05) is 37.5 Å². The topological polar surface area (TPSA) is 36.4 Å². The molecule has 0 amide bonds. The number of hydrazine groups is 1. The Labute approximate surface area is 144 Å². The van der Waals surface area contributed by atoms with E-state index in [4.69, 9.17) is 0 Å². The average Bonchev–Trinajstić information content (AvgIpc) is 2.59. The maximum Gasteiger partial charge on any atom is 0.138 e. The molecule has 1 saturated carbocycles. The van der Waals surface area contributed by atoms with Crippen LogP contribution in [0.2, 0.25) is 0 Å². The Bertz CT molecular complexity index is 604. The second-order valence-corrected chi connectivity index (χ2v) is 6.51. The van der Waals surface area contributed by atoms with Crippen molar-refractivity contribution >= 4 is 11.8 Å². The Kier molecular flexibility index (Phi) is 7.19. The van der Waals surface area contributed by atoms with Gasteiger partial charge >= 0.3 is 0 Å². The molecule has 0 saturated heterocycles. The summed E-state index contributed by atoms with van der Waals surface area (Å²) in [7, 11) is 1.82. The van der Waals surface area contributed by atoms with Crippen molar-refractivity contribution in [3.05, 3.63) is 53.1 Å². The summed E-state index contributed by atoms with van der Waals surface area (Å²) in [4.78, 5) is 4.60. The SMILES string of the molecule is CNNC(N=C/C(=C/C1CCCCC1)c1ccc(F)cc1)=C(C)C. The number of benzene rings is 1. The highest BCUT2D eigenvalue weighted by molar-refractivity contribution is 6.10. The van der Waals surface area contributed by atoms with Crippen LogP contribution in [-0.4, -0.2) is 13.3 Å². The molecule has 2 rings (SSSR count).